The highest BCUT2D eigenvalue weighted by molar-refractivity contribution is 6.05. The third kappa shape index (κ3) is 3.92. The van der Waals surface area contributed by atoms with E-state index in [1.165, 1.54) is 16.7 Å². The number of carbonyl (C=O) groups excluding carboxylic acids is 1. The van der Waals surface area contributed by atoms with Crippen LogP contribution in [0.5, 0.6) is 0 Å². The first-order chi connectivity index (χ1) is 14.7. The van der Waals surface area contributed by atoms with E-state index in [1.807, 2.05) is 4.90 Å². The summed E-state index contributed by atoms with van der Waals surface area (Å²) in [6.07, 6.45) is 0.0902. The van der Waals surface area contributed by atoms with Gasteiger partial charge in [0.05, 0.1) is 11.1 Å². The Morgan fingerprint density at radius 2 is 1.90 bits per heavy atom. The van der Waals surface area contributed by atoms with E-state index < -0.39 is 11.7 Å². The molecular formula is C22H23F3N4O2. The molecule has 1 saturated heterocycles. The van der Waals surface area contributed by atoms with Crippen molar-refractivity contribution >= 4 is 22.5 Å². The van der Waals surface area contributed by atoms with Gasteiger partial charge in [0.2, 0.25) is 0 Å². The van der Waals surface area contributed by atoms with Crippen molar-refractivity contribution in [3.8, 4) is 0 Å². The number of benzene rings is 1. The van der Waals surface area contributed by atoms with Crippen molar-refractivity contribution in [2.45, 2.75) is 25.1 Å². The van der Waals surface area contributed by atoms with Crippen LogP contribution < -0.4 is 10.5 Å². The molecule has 31 heavy (non-hydrogen) atoms. The van der Waals surface area contributed by atoms with Crippen molar-refractivity contribution in [2.24, 2.45) is 7.05 Å². The lowest BCUT2D eigenvalue weighted by molar-refractivity contribution is -0.137. The number of halogens is 3. The molecule has 0 bridgehead atoms. The molecule has 1 fully saturated rings. The van der Waals surface area contributed by atoms with Crippen molar-refractivity contribution in [2.75, 3.05) is 25.0 Å². The van der Waals surface area contributed by atoms with Crippen LogP contribution >= 0.6 is 0 Å². The van der Waals surface area contributed by atoms with Crippen molar-refractivity contribution in [3.05, 3.63) is 64.2 Å². The van der Waals surface area contributed by atoms with Gasteiger partial charge < -0.3 is 19.4 Å². The number of piperidine rings is 1. The summed E-state index contributed by atoms with van der Waals surface area (Å²) in [5.74, 6) is -0.183. The van der Waals surface area contributed by atoms with E-state index >= 15 is 0 Å². The predicted octanol–water partition coefficient (Wildman–Crippen LogP) is 3.63. The Kier molecular flexibility index (Phi) is 5.28. The molecule has 1 aliphatic rings. The fourth-order valence-electron chi connectivity index (χ4n) is 4.19. The first kappa shape index (κ1) is 21.0. The Morgan fingerprint density at radius 1 is 1.19 bits per heavy atom. The number of H-pyrrole nitrogens is 1. The van der Waals surface area contributed by atoms with Gasteiger partial charge in [-0.15, -0.1) is 0 Å². The molecule has 4 rings (SSSR count). The molecule has 0 unspecified atom stereocenters. The SMILES string of the molecule is CN(C(=O)c1cn(C)c(=O)c2[nH]ccc12)C1CCN(c2cccc(C(F)(F)F)c2)CC1. The van der Waals surface area contributed by atoms with Crippen LogP contribution in [-0.4, -0.2) is 46.5 Å². The maximum absolute atomic E-state index is 13.2. The van der Waals surface area contributed by atoms with Gasteiger partial charge in [0.1, 0.15) is 5.52 Å². The molecule has 0 radical (unpaired) electrons. The molecule has 3 heterocycles. The monoisotopic (exact) mass is 432 g/mol. The number of anilines is 1. The molecule has 2 aromatic heterocycles. The summed E-state index contributed by atoms with van der Waals surface area (Å²) in [5.41, 5.74) is 0.509. The zero-order valence-corrected chi connectivity index (χ0v) is 17.2. The number of hydrogen-bond donors (Lipinski definition) is 1. The van der Waals surface area contributed by atoms with E-state index in [4.69, 9.17) is 0 Å². The lowest BCUT2D eigenvalue weighted by atomic mass is 10.0. The number of amides is 1. The molecule has 1 aromatic carbocycles. The number of aryl methyl sites for hydroxylation is 1. The first-order valence-corrected chi connectivity index (χ1v) is 10.0. The molecule has 0 aliphatic carbocycles. The van der Waals surface area contributed by atoms with Gasteiger partial charge in [0, 0.05) is 56.7 Å². The highest BCUT2D eigenvalue weighted by atomic mass is 19.4. The van der Waals surface area contributed by atoms with Gasteiger partial charge in [-0.25, -0.2) is 0 Å². The Labute approximate surface area is 176 Å². The van der Waals surface area contributed by atoms with Crippen molar-refractivity contribution in [1.82, 2.24) is 14.5 Å². The van der Waals surface area contributed by atoms with Gasteiger partial charge in [-0.3, -0.25) is 9.59 Å². The topological polar surface area (TPSA) is 61.3 Å². The third-order valence-corrected chi connectivity index (χ3v) is 6.00. The number of hydrogen-bond acceptors (Lipinski definition) is 3. The van der Waals surface area contributed by atoms with Crippen LogP contribution in [-0.2, 0) is 13.2 Å². The predicted molar refractivity (Wildman–Crippen MR) is 112 cm³/mol. The number of rotatable bonds is 3. The highest BCUT2D eigenvalue weighted by Crippen LogP contribution is 2.32. The van der Waals surface area contributed by atoms with Crippen LogP contribution in [0.3, 0.4) is 0 Å². The van der Waals surface area contributed by atoms with Crippen LogP contribution in [0.15, 0.2) is 47.5 Å². The van der Waals surface area contributed by atoms with E-state index in [1.54, 1.807) is 43.5 Å². The molecule has 0 saturated carbocycles. The minimum Gasteiger partial charge on any atom is -0.371 e. The largest absolute Gasteiger partial charge is 0.416 e. The summed E-state index contributed by atoms with van der Waals surface area (Å²) >= 11 is 0. The Bertz CT molecular complexity index is 1170. The number of nitrogens with one attached hydrogen (secondary N) is 1. The second kappa shape index (κ2) is 7.79. The summed E-state index contributed by atoms with van der Waals surface area (Å²) in [5, 5.41) is 0.585. The minimum absolute atomic E-state index is 0.0409. The first-order valence-electron chi connectivity index (χ1n) is 10.0. The minimum atomic E-state index is -4.37. The van der Waals surface area contributed by atoms with Crippen molar-refractivity contribution in [1.29, 1.82) is 0 Å². The summed E-state index contributed by atoms with van der Waals surface area (Å²) in [7, 11) is 3.34. The number of nitrogens with zero attached hydrogens (tertiary/aromatic N) is 3. The fraction of sp³-hybridized carbons (Fsp3) is 0.364. The van der Waals surface area contributed by atoms with Crippen LogP contribution in [0.1, 0.15) is 28.8 Å². The standard InChI is InChI=1S/C22H23F3N4O2/c1-27-13-18(17-6-9-26-19(17)21(27)31)20(30)28(2)15-7-10-29(11-8-15)16-5-3-4-14(12-16)22(23,24)25/h3-6,9,12-13,15,26H,7-8,10-11H2,1-2H3. The molecule has 0 spiro atoms. The van der Waals surface area contributed by atoms with E-state index in [-0.39, 0.29) is 17.5 Å². The smallest absolute Gasteiger partial charge is 0.371 e. The van der Waals surface area contributed by atoms with Gasteiger partial charge in [0.25, 0.3) is 11.5 Å². The summed E-state index contributed by atoms with van der Waals surface area (Å²) in [6.45, 7) is 1.10. The van der Waals surface area contributed by atoms with Gasteiger partial charge >= 0.3 is 6.18 Å². The maximum atomic E-state index is 13.2. The quantitative estimate of drug-likeness (QED) is 0.688. The molecular weight excluding hydrogens is 409 g/mol. The zero-order chi connectivity index (χ0) is 22.3. The highest BCUT2D eigenvalue weighted by Gasteiger charge is 2.32. The molecule has 0 atom stereocenters. The maximum Gasteiger partial charge on any atom is 0.416 e. The van der Waals surface area contributed by atoms with E-state index in [0.717, 1.165) is 6.07 Å². The van der Waals surface area contributed by atoms with Crippen LogP contribution in [0.25, 0.3) is 10.9 Å². The average molecular weight is 432 g/mol. The number of pyridine rings is 1. The second-order valence-corrected chi connectivity index (χ2v) is 7.91. The molecule has 164 valence electrons. The van der Waals surface area contributed by atoms with Crippen molar-refractivity contribution < 1.29 is 18.0 Å². The summed E-state index contributed by atoms with van der Waals surface area (Å²) in [4.78, 5) is 31.9. The van der Waals surface area contributed by atoms with Crippen LogP contribution in [0, 0.1) is 0 Å². The molecule has 9 heteroatoms. The lowest BCUT2D eigenvalue weighted by Crippen LogP contribution is -2.46. The zero-order valence-electron chi connectivity index (χ0n) is 17.2. The summed E-state index contributed by atoms with van der Waals surface area (Å²) < 4.78 is 40.4. The molecule has 1 amide bonds. The number of aromatic nitrogens is 2. The van der Waals surface area contributed by atoms with Crippen LogP contribution in [0.4, 0.5) is 18.9 Å². The van der Waals surface area contributed by atoms with Gasteiger partial charge in [-0.05, 0) is 37.1 Å². The van der Waals surface area contributed by atoms with Crippen LogP contribution in [0.2, 0.25) is 0 Å². The summed E-state index contributed by atoms with van der Waals surface area (Å²) in [6, 6.07) is 7.01. The number of alkyl halides is 3. The van der Waals surface area contributed by atoms with Gasteiger partial charge in [0.15, 0.2) is 0 Å². The lowest BCUT2D eigenvalue weighted by Gasteiger charge is -2.38. The van der Waals surface area contributed by atoms with Crippen molar-refractivity contribution in [3.63, 3.8) is 0 Å². The molecule has 1 aliphatic heterocycles. The normalized spacial score (nSPS) is 15.5. The Morgan fingerprint density at radius 3 is 2.58 bits per heavy atom. The number of fused-ring (bicyclic) bond motifs is 1. The fourth-order valence-corrected chi connectivity index (χ4v) is 4.19. The molecule has 3 aromatic rings. The molecule has 1 N–H and O–H groups in total. The second-order valence-electron chi connectivity index (χ2n) is 7.91. The number of aromatic amines is 1. The molecule has 6 nitrogen and oxygen atoms in total. The van der Waals surface area contributed by atoms with E-state index in [9.17, 15) is 22.8 Å². The van der Waals surface area contributed by atoms with Gasteiger partial charge in [-0.2, -0.15) is 13.2 Å². The van der Waals surface area contributed by atoms with E-state index in [0.29, 0.717) is 48.1 Å². The number of carbonyl (C=O) groups is 1. The third-order valence-electron chi connectivity index (χ3n) is 6.00. The Balaban J connectivity index is 1.49. The average Bonchev–Trinajstić information content (AvgIpc) is 3.25. The van der Waals surface area contributed by atoms with E-state index in [2.05, 4.69) is 4.98 Å². The Hall–Kier alpha value is -3.23. The van der Waals surface area contributed by atoms with Gasteiger partial charge in [-0.1, -0.05) is 6.07 Å².